The van der Waals surface area contributed by atoms with E-state index in [0.29, 0.717) is 0 Å². The summed E-state index contributed by atoms with van der Waals surface area (Å²) in [5.74, 6) is 1.70. The SMILES string of the molecule is CN=C(NCCCCCCC(C)C)NCCCCN1CCC(C(N)=O)CC1.I. The quantitative estimate of drug-likeness (QED) is 0.154. The highest BCUT2D eigenvalue weighted by molar-refractivity contribution is 14.0. The number of piperidine rings is 1. The number of likely N-dealkylation sites (tertiary alicyclic amines) is 1. The van der Waals surface area contributed by atoms with Crippen molar-refractivity contribution >= 4 is 35.8 Å². The summed E-state index contributed by atoms with van der Waals surface area (Å²) in [6, 6.07) is 0. The van der Waals surface area contributed by atoms with E-state index in [-0.39, 0.29) is 35.8 Å². The van der Waals surface area contributed by atoms with Crippen molar-refractivity contribution in [2.24, 2.45) is 22.6 Å². The molecule has 0 saturated carbocycles. The summed E-state index contributed by atoms with van der Waals surface area (Å²) >= 11 is 0. The number of aliphatic imine (C=N–C) groups is 1. The van der Waals surface area contributed by atoms with Crippen LogP contribution in [0.4, 0.5) is 0 Å². The Morgan fingerprint density at radius 2 is 1.61 bits per heavy atom. The Morgan fingerprint density at radius 1 is 1.04 bits per heavy atom. The van der Waals surface area contributed by atoms with Gasteiger partial charge < -0.3 is 21.3 Å². The van der Waals surface area contributed by atoms with Gasteiger partial charge in [-0.05, 0) is 57.7 Å². The third-order valence-corrected chi connectivity index (χ3v) is 5.41. The van der Waals surface area contributed by atoms with Crippen molar-refractivity contribution in [2.45, 2.75) is 71.6 Å². The second-order valence-electron chi connectivity index (χ2n) is 8.25. The first kappa shape index (κ1) is 27.4. The predicted molar refractivity (Wildman–Crippen MR) is 130 cm³/mol. The van der Waals surface area contributed by atoms with Crippen LogP contribution in [0, 0.1) is 11.8 Å². The van der Waals surface area contributed by atoms with Crippen molar-refractivity contribution in [3.63, 3.8) is 0 Å². The number of unbranched alkanes of at least 4 members (excludes halogenated alkanes) is 4. The van der Waals surface area contributed by atoms with Gasteiger partial charge >= 0.3 is 0 Å². The molecule has 1 aliphatic rings. The van der Waals surface area contributed by atoms with E-state index < -0.39 is 0 Å². The Balaban J connectivity index is 0.00000729. The summed E-state index contributed by atoms with van der Waals surface area (Å²) in [6.07, 6.45) is 10.7. The normalized spacial score (nSPS) is 16.1. The second-order valence-corrected chi connectivity index (χ2v) is 8.25. The van der Waals surface area contributed by atoms with E-state index in [2.05, 4.69) is 34.4 Å². The number of halogens is 1. The molecule has 0 radical (unpaired) electrons. The lowest BCUT2D eigenvalue weighted by atomic mass is 9.96. The number of hydrogen-bond acceptors (Lipinski definition) is 3. The Hall–Kier alpha value is -0.570. The molecule has 166 valence electrons. The van der Waals surface area contributed by atoms with E-state index in [0.717, 1.165) is 63.9 Å². The first-order chi connectivity index (χ1) is 13.0. The van der Waals surface area contributed by atoms with Gasteiger partial charge in [0.1, 0.15) is 0 Å². The Kier molecular flexibility index (Phi) is 16.9. The van der Waals surface area contributed by atoms with Crippen LogP contribution in [0.15, 0.2) is 4.99 Å². The number of hydrogen-bond donors (Lipinski definition) is 3. The average Bonchev–Trinajstić information content (AvgIpc) is 2.65. The number of carbonyl (C=O) groups is 1. The molecule has 0 aliphatic carbocycles. The van der Waals surface area contributed by atoms with Gasteiger partial charge in [-0.25, -0.2) is 0 Å². The van der Waals surface area contributed by atoms with Gasteiger partial charge in [0, 0.05) is 26.1 Å². The van der Waals surface area contributed by atoms with E-state index in [9.17, 15) is 4.79 Å². The number of nitrogens with two attached hydrogens (primary N) is 1. The minimum atomic E-state index is -0.131. The fraction of sp³-hybridized carbons (Fsp3) is 0.905. The van der Waals surface area contributed by atoms with Crippen molar-refractivity contribution in [3.05, 3.63) is 0 Å². The second kappa shape index (κ2) is 17.3. The van der Waals surface area contributed by atoms with Gasteiger partial charge in [0.15, 0.2) is 5.96 Å². The topological polar surface area (TPSA) is 82.8 Å². The maximum Gasteiger partial charge on any atom is 0.220 e. The first-order valence-electron chi connectivity index (χ1n) is 11.0. The number of nitrogens with one attached hydrogen (secondary N) is 2. The van der Waals surface area contributed by atoms with E-state index >= 15 is 0 Å². The number of primary amides is 1. The van der Waals surface area contributed by atoms with Crippen molar-refractivity contribution in [1.29, 1.82) is 0 Å². The number of rotatable bonds is 13. The third kappa shape index (κ3) is 13.6. The third-order valence-electron chi connectivity index (χ3n) is 5.41. The molecule has 6 nitrogen and oxygen atoms in total. The molecule has 0 aromatic rings. The molecule has 0 bridgehead atoms. The largest absolute Gasteiger partial charge is 0.369 e. The molecule has 7 heteroatoms. The van der Waals surface area contributed by atoms with Gasteiger partial charge in [-0.1, -0.05) is 39.5 Å². The van der Waals surface area contributed by atoms with Gasteiger partial charge in [-0.2, -0.15) is 0 Å². The van der Waals surface area contributed by atoms with Gasteiger partial charge in [0.2, 0.25) is 5.91 Å². The van der Waals surface area contributed by atoms with Crippen LogP contribution in [-0.4, -0.2) is 56.5 Å². The lowest BCUT2D eigenvalue weighted by molar-refractivity contribution is -0.123. The maximum absolute atomic E-state index is 11.2. The molecule has 0 aromatic heterocycles. The average molecular weight is 510 g/mol. The minimum absolute atomic E-state index is 0. The molecule has 0 atom stereocenters. The Labute approximate surface area is 189 Å². The Morgan fingerprint density at radius 3 is 2.14 bits per heavy atom. The molecule has 0 unspecified atom stereocenters. The van der Waals surface area contributed by atoms with Crippen molar-refractivity contribution in [1.82, 2.24) is 15.5 Å². The summed E-state index contributed by atoms with van der Waals surface area (Å²) in [5.41, 5.74) is 5.39. The van der Waals surface area contributed by atoms with Crippen molar-refractivity contribution in [3.8, 4) is 0 Å². The zero-order valence-corrected chi connectivity index (χ0v) is 20.7. The van der Waals surface area contributed by atoms with Crippen LogP contribution in [0.3, 0.4) is 0 Å². The summed E-state index contributed by atoms with van der Waals surface area (Å²) < 4.78 is 0. The highest BCUT2D eigenvalue weighted by Gasteiger charge is 2.22. The number of guanidine groups is 1. The molecule has 1 fully saturated rings. The summed E-state index contributed by atoms with van der Waals surface area (Å²) in [4.78, 5) is 17.9. The van der Waals surface area contributed by atoms with Crippen LogP contribution in [0.25, 0.3) is 0 Å². The van der Waals surface area contributed by atoms with Crippen molar-refractivity contribution < 1.29 is 4.79 Å². The number of nitrogens with zero attached hydrogens (tertiary/aromatic N) is 2. The molecule has 28 heavy (non-hydrogen) atoms. The van der Waals surface area contributed by atoms with E-state index in [1.807, 2.05) is 7.05 Å². The predicted octanol–water partition coefficient (Wildman–Crippen LogP) is 3.35. The van der Waals surface area contributed by atoms with Crippen LogP contribution in [-0.2, 0) is 4.79 Å². The molecule has 1 heterocycles. The lowest BCUT2D eigenvalue weighted by Crippen LogP contribution is -2.40. The first-order valence-corrected chi connectivity index (χ1v) is 11.0. The highest BCUT2D eigenvalue weighted by atomic mass is 127. The smallest absolute Gasteiger partial charge is 0.220 e. The summed E-state index contributed by atoms with van der Waals surface area (Å²) in [7, 11) is 1.83. The minimum Gasteiger partial charge on any atom is -0.369 e. The molecule has 1 amide bonds. The molecular weight excluding hydrogens is 465 g/mol. The zero-order valence-electron chi connectivity index (χ0n) is 18.3. The van der Waals surface area contributed by atoms with Crippen LogP contribution in [0.2, 0.25) is 0 Å². The summed E-state index contributed by atoms with van der Waals surface area (Å²) in [6.45, 7) is 9.65. The highest BCUT2D eigenvalue weighted by Crippen LogP contribution is 2.16. The molecule has 0 aromatic carbocycles. The molecular formula is C21H44IN5O. The molecule has 1 aliphatic heterocycles. The number of carbonyl (C=O) groups excluding carboxylic acids is 1. The fourth-order valence-electron chi connectivity index (χ4n) is 3.57. The Bertz CT molecular complexity index is 423. The van der Waals surface area contributed by atoms with Gasteiger partial charge in [0.05, 0.1) is 0 Å². The van der Waals surface area contributed by atoms with Gasteiger partial charge in [-0.3, -0.25) is 9.79 Å². The number of amides is 1. The zero-order chi connectivity index (χ0) is 19.9. The summed E-state index contributed by atoms with van der Waals surface area (Å²) in [5, 5.41) is 6.81. The monoisotopic (exact) mass is 509 g/mol. The van der Waals surface area contributed by atoms with Crippen LogP contribution in [0.1, 0.15) is 71.6 Å². The van der Waals surface area contributed by atoms with Gasteiger partial charge in [-0.15, -0.1) is 24.0 Å². The molecule has 0 spiro atoms. The van der Waals surface area contributed by atoms with E-state index in [1.54, 1.807) is 0 Å². The fourth-order valence-corrected chi connectivity index (χ4v) is 3.57. The molecule has 4 N–H and O–H groups in total. The van der Waals surface area contributed by atoms with Crippen LogP contribution < -0.4 is 16.4 Å². The standard InChI is InChI=1S/C21H43N5O.HI/c1-18(2)10-6-4-5-7-13-24-21(23-3)25-14-8-9-15-26-16-11-19(12-17-26)20(22)27;/h18-19H,4-17H2,1-3H3,(H2,22,27)(H2,23,24,25);1H. The van der Waals surface area contributed by atoms with E-state index in [1.165, 1.54) is 38.5 Å². The van der Waals surface area contributed by atoms with Crippen LogP contribution in [0.5, 0.6) is 0 Å². The van der Waals surface area contributed by atoms with E-state index in [4.69, 9.17) is 5.73 Å². The molecule has 1 rings (SSSR count). The lowest BCUT2D eigenvalue weighted by Gasteiger charge is -2.30. The molecule has 1 saturated heterocycles. The van der Waals surface area contributed by atoms with Crippen LogP contribution >= 0.6 is 24.0 Å². The van der Waals surface area contributed by atoms with Crippen molar-refractivity contribution in [2.75, 3.05) is 39.8 Å². The van der Waals surface area contributed by atoms with Gasteiger partial charge in [0.25, 0.3) is 0 Å². The maximum atomic E-state index is 11.2.